The second kappa shape index (κ2) is 6.77. The van der Waals surface area contributed by atoms with Crippen LogP contribution in [0.3, 0.4) is 0 Å². The van der Waals surface area contributed by atoms with Crippen LogP contribution in [0.5, 0.6) is 0 Å². The van der Waals surface area contributed by atoms with Gasteiger partial charge in [-0.05, 0) is 59.9 Å². The number of aryl methyl sites for hydroxylation is 1. The Morgan fingerprint density at radius 1 is 1.00 bits per heavy atom. The molecule has 0 atom stereocenters. The minimum absolute atomic E-state index is 0.0485. The summed E-state index contributed by atoms with van der Waals surface area (Å²) >= 11 is 1.42. The summed E-state index contributed by atoms with van der Waals surface area (Å²) in [4.78, 5) is 25.8. The van der Waals surface area contributed by atoms with E-state index in [1.54, 1.807) is 6.07 Å². The highest BCUT2D eigenvalue weighted by atomic mass is 32.1. The molecule has 0 bridgehead atoms. The van der Waals surface area contributed by atoms with Crippen LogP contribution in [0.15, 0.2) is 54.6 Å². The predicted octanol–water partition coefficient (Wildman–Crippen LogP) is 4.00. The summed E-state index contributed by atoms with van der Waals surface area (Å²) in [5.41, 5.74) is 5.76. The van der Waals surface area contributed by atoms with E-state index < -0.39 is 0 Å². The van der Waals surface area contributed by atoms with E-state index in [0.29, 0.717) is 4.88 Å². The Hall–Kier alpha value is -2.92. The lowest BCUT2D eigenvalue weighted by atomic mass is 10.1. The van der Waals surface area contributed by atoms with Crippen LogP contribution in [-0.4, -0.2) is 18.4 Å². The third-order valence-electron chi connectivity index (χ3n) is 4.45. The molecule has 0 spiro atoms. The lowest BCUT2D eigenvalue weighted by molar-refractivity contribution is -0.115. The molecule has 0 radical (unpaired) electrons. The van der Waals surface area contributed by atoms with Gasteiger partial charge in [0.05, 0.1) is 11.4 Å². The SMILES string of the molecule is Cc1ccc(C(=O)NCC(=O)Nc2ccc3c(c2)Cc2ccccc2-3)s1. The lowest BCUT2D eigenvalue weighted by Gasteiger charge is -2.08. The van der Waals surface area contributed by atoms with Crippen LogP contribution in [-0.2, 0) is 11.2 Å². The largest absolute Gasteiger partial charge is 0.342 e. The molecule has 0 fully saturated rings. The second-order valence-electron chi connectivity index (χ2n) is 6.35. The Balaban J connectivity index is 1.38. The number of fused-ring (bicyclic) bond motifs is 3. The molecular weight excluding hydrogens is 344 g/mol. The number of thiophene rings is 1. The fourth-order valence-electron chi connectivity index (χ4n) is 3.23. The molecule has 3 aromatic rings. The molecule has 0 aliphatic heterocycles. The minimum Gasteiger partial charge on any atom is -0.342 e. The third-order valence-corrected chi connectivity index (χ3v) is 5.45. The van der Waals surface area contributed by atoms with E-state index in [4.69, 9.17) is 0 Å². The molecule has 0 unspecified atom stereocenters. The van der Waals surface area contributed by atoms with Crippen molar-refractivity contribution < 1.29 is 9.59 Å². The van der Waals surface area contributed by atoms with E-state index in [0.717, 1.165) is 17.0 Å². The van der Waals surface area contributed by atoms with Gasteiger partial charge in [0.25, 0.3) is 5.91 Å². The van der Waals surface area contributed by atoms with Crippen LogP contribution < -0.4 is 10.6 Å². The van der Waals surface area contributed by atoms with Crippen molar-refractivity contribution in [2.45, 2.75) is 13.3 Å². The van der Waals surface area contributed by atoms with Crippen LogP contribution in [0.4, 0.5) is 5.69 Å². The van der Waals surface area contributed by atoms with Gasteiger partial charge in [0.2, 0.25) is 5.91 Å². The maximum Gasteiger partial charge on any atom is 0.261 e. The van der Waals surface area contributed by atoms with Gasteiger partial charge < -0.3 is 10.6 Å². The quantitative estimate of drug-likeness (QED) is 0.577. The summed E-state index contributed by atoms with van der Waals surface area (Å²) in [7, 11) is 0. The summed E-state index contributed by atoms with van der Waals surface area (Å²) < 4.78 is 0. The first-order valence-electron chi connectivity index (χ1n) is 8.46. The number of hydrogen-bond acceptors (Lipinski definition) is 3. The molecule has 4 nitrogen and oxygen atoms in total. The van der Waals surface area contributed by atoms with Crippen molar-refractivity contribution in [2.24, 2.45) is 0 Å². The zero-order valence-corrected chi connectivity index (χ0v) is 15.2. The Morgan fingerprint density at radius 2 is 1.81 bits per heavy atom. The van der Waals surface area contributed by atoms with Gasteiger partial charge in [-0.25, -0.2) is 0 Å². The first-order valence-corrected chi connectivity index (χ1v) is 9.27. The molecule has 2 aromatic carbocycles. The van der Waals surface area contributed by atoms with Crippen LogP contribution in [0.1, 0.15) is 25.7 Å². The van der Waals surface area contributed by atoms with Crippen molar-refractivity contribution >= 4 is 28.8 Å². The van der Waals surface area contributed by atoms with Gasteiger partial charge in [-0.2, -0.15) is 0 Å². The average Bonchev–Trinajstić information content (AvgIpc) is 3.22. The maximum absolute atomic E-state index is 12.1. The zero-order chi connectivity index (χ0) is 18.1. The van der Waals surface area contributed by atoms with Crippen LogP contribution in [0, 0.1) is 6.92 Å². The zero-order valence-electron chi connectivity index (χ0n) is 14.3. The Bertz CT molecular complexity index is 1010. The molecule has 26 heavy (non-hydrogen) atoms. The number of rotatable bonds is 4. The number of amides is 2. The molecule has 1 aromatic heterocycles. The van der Waals surface area contributed by atoms with Gasteiger partial charge in [-0.3, -0.25) is 9.59 Å². The molecule has 130 valence electrons. The van der Waals surface area contributed by atoms with E-state index in [-0.39, 0.29) is 18.4 Å². The first-order chi connectivity index (χ1) is 12.6. The Labute approximate surface area is 155 Å². The predicted molar refractivity (Wildman–Crippen MR) is 105 cm³/mol. The van der Waals surface area contributed by atoms with Gasteiger partial charge in [-0.15, -0.1) is 11.3 Å². The van der Waals surface area contributed by atoms with Crippen molar-refractivity contribution in [1.82, 2.24) is 5.32 Å². The van der Waals surface area contributed by atoms with E-state index in [2.05, 4.69) is 22.8 Å². The number of anilines is 1. The fourth-order valence-corrected chi connectivity index (χ4v) is 4.02. The molecule has 0 saturated carbocycles. The molecule has 5 heteroatoms. The highest BCUT2D eigenvalue weighted by molar-refractivity contribution is 7.13. The number of hydrogen-bond donors (Lipinski definition) is 2. The monoisotopic (exact) mass is 362 g/mol. The molecule has 2 amide bonds. The summed E-state index contributed by atoms with van der Waals surface area (Å²) in [6, 6.07) is 18.0. The maximum atomic E-state index is 12.1. The topological polar surface area (TPSA) is 58.2 Å². The van der Waals surface area contributed by atoms with Crippen LogP contribution in [0.25, 0.3) is 11.1 Å². The van der Waals surface area contributed by atoms with Crippen molar-refractivity contribution in [3.8, 4) is 11.1 Å². The first kappa shape index (κ1) is 16.5. The number of carbonyl (C=O) groups is 2. The number of carbonyl (C=O) groups excluding carboxylic acids is 2. The van der Waals surface area contributed by atoms with E-state index >= 15 is 0 Å². The van der Waals surface area contributed by atoms with Gasteiger partial charge in [-0.1, -0.05) is 30.3 Å². The van der Waals surface area contributed by atoms with E-state index in [1.165, 1.54) is 33.6 Å². The molecule has 1 aliphatic carbocycles. The standard InChI is InChI=1S/C21H18N2O2S/c1-13-6-9-19(26-13)21(25)22-12-20(24)23-16-7-8-18-15(11-16)10-14-4-2-3-5-17(14)18/h2-9,11H,10,12H2,1H3,(H,22,25)(H,23,24). The second-order valence-corrected chi connectivity index (χ2v) is 7.63. The lowest BCUT2D eigenvalue weighted by Crippen LogP contribution is -2.32. The van der Waals surface area contributed by atoms with Crippen LogP contribution >= 0.6 is 11.3 Å². The summed E-state index contributed by atoms with van der Waals surface area (Å²) in [6.07, 6.45) is 0.879. The van der Waals surface area contributed by atoms with Gasteiger partial charge in [0.15, 0.2) is 0 Å². The highest BCUT2D eigenvalue weighted by Gasteiger charge is 2.18. The van der Waals surface area contributed by atoms with Crippen molar-refractivity contribution in [3.63, 3.8) is 0 Å². The summed E-state index contributed by atoms with van der Waals surface area (Å²) in [6.45, 7) is 1.90. The third kappa shape index (κ3) is 3.26. The minimum atomic E-state index is -0.234. The molecule has 4 rings (SSSR count). The van der Waals surface area contributed by atoms with Crippen molar-refractivity contribution in [3.05, 3.63) is 75.5 Å². The Kier molecular flexibility index (Phi) is 4.31. The average molecular weight is 362 g/mol. The number of benzene rings is 2. The van der Waals surface area contributed by atoms with E-state index in [1.807, 2.05) is 43.3 Å². The van der Waals surface area contributed by atoms with Crippen LogP contribution in [0.2, 0.25) is 0 Å². The summed E-state index contributed by atoms with van der Waals surface area (Å²) in [5.74, 6) is -0.454. The van der Waals surface area contributed by atoms with Crippen molar-refractivity contribution in [1.29, 1.82) is 0 Å². The normalized spacial score (nSPS) is 11.6. The molecule has 0 saturated heterocycles. The fraction of sp³-hybridized carbons (Fsp3) is 0.143. The molecule has 1 heterocycles. The molecular formula is C21H18N2O2S. The summed E-state index contributed by atoms with van der Waals surface area (Å²) in [5, 5.41) is 5.52. The molecule has 1 aliphatic rings. The van der Waals surface area contributed by atoms with E-state index in [9.17, 15) is 9.59 Å². The van der Waals surface area contributed by atoms with Gasteiger partial charge >= 0.3 is 0 Å². The Morgan fingerprint density at radius 3 is 2.62 bits per heavy atom. The molecule has 2 N–H and O–H groups in total. The van der Waals surface area contributed by atoms with Gasteiger partial charge in [0, 0.05) is 10.6 Å². The smallest absolute Gasteiger partial charge is 0.261 e. The highest BCUT2D eigenvalue weighted by Crippen LogP contribution is 2.37. The number of nitrogens with one attached hydrogen (secondary N) is 2. The van der Waals surface area contributed by atoms with Crippen molar-refractivity contribution in [2.75, 3.05) is 11.9 Å². The van der Waals surface area contributed by atoms with Gasteiger partial charge in [0.1, 0.15) is 0 Å².